The standard InChI is InChI=1S/C14H20N2O/c1-4-17-12(11-8-6-5-7-9-11)13-15-10-14(2,3)16-13/h5-9,12H,4,10H2,1-3H3,(H,15,16)/t12-/m1/s1. The Morgan fingerprint density at radius 1 is 1.35 bits per heavy atom. The lowest BCUT2D eigenvalue weighted by molar-refractivity contribution is 0.107. The topological polar surface area (TPSA) is 33.6 Å². The molecule has 0 bridgehead atoms. The van der Waals surface area contributed by atoms with Crippen molar-refractivity contribution < 1.29 is 4.74 Å². The number of hydrogen-bond acceptors (Lipinski definition) is 3. The van der Waals surface area contributed by atoms with Gasteiger partial charge in [-0.2, -0.15) is 0 Å². The van der Waals surface area contributed by atoms with Crippen molar-refractivity contribution >= 4 is 5.84 Å². The molecule has 0 unspecified atom stereocenters. The van der Waals surface area contributed by atoms with Crippen LogP contribution in [0.4, 0.5) is 0 Å². The van der Waals surface area contributed by atoms with Gasteiger partial charge in [-0.1, -0.05) is 30.3 Å². The van der Waals surface area contributed by atoms with E-state index in [2.05, 4.69) is 36.3 Å². The van der Waals surface area contributed by atoms with Gasteiger partial charge in [0.05, 0.1) is 12.1 Å². The van der Waals surface area contributed by atoms with Crippen molar-refractivity contribution in [2.24, 2.45) is 4.99 Å². The molecule has 2 rings (SSSR count). The van der Waals surface area contributed by atoms with Crippen LogP contribution < -0.4 is 5.32 Å². The quantitative estimate of drug-likeness (QED) is 0.865. The molecule has 1 aliphatic heterocycles. The average molecular weight is 232 g/mol. The fraction of sp³-hybridized carbons (Fsp3) is 0.500. The van der Waals surface area contributed by atoms with Crippen LogP contribution in [0.25, 0.3) is 0 Å². The summed E-state index contributed by atoms with van der Waals surface area (Å²) in [5, 5.41) is 3.44. The van der Waals surface area contributed by atoms with E-state index >= 15 is 0 Å². The Labute approximate surface area is 103 Å². The maximum atomic E-state index is 5.81. The fourth-order valence-electron chi connectivity index (χ4n) is 1.98. The highest BCUT2D eigenvalue weighted by Crippen LogP contribution is 2.23. The lowest BCUT2D eigenvalue weighted by Crippen LogP contribution is -2.42. The summed E-state index contributed by atoms with van der Waals surface area (Å²) in [4.78, 5) is 4.56. The molecule has 0 fully saturated rings. The first kappa shape index (κ1) is 12.1. The number of rotatable bonds is 4. The van der Waals surface area contributed by atoms with Gasteiger partial charge in [0.2, 0.25) is 0 Å². The molecule has 0 radical (unpaired) electrons. The molecule has 0 saturated heterocycles. The van der Waals surface area contributed by atoms with Crippen LogP contribution in [0.5, 0.6) is 0 Å². The van der Waals surface area contributed by atoms with Crippen molar-refractivity contribution in [1.82, 2.24) is 5.32 Å². The lowest BCUT2D eigenvalue weighted by Gasteiger charge is -2.23. The summed E-state index contributed by atoms with van der Waals surface area (Å²) in [6.07, 6.45) is -0.0667. The Morgan fingerprint density at radius 3 is 2.59 bits per heavy atom. The number of hydrogen-bond donors (Lipinski definition) is 1. The zero-order valence-electron chi connectivity index (χ0n) is 10.7. The Kier molecular flexibility index (Phi) is 3.48. The SMILES string of the molecule is CCO[C@@H](C1=NCC(C)(C)N1)c1ccccc1. The first-order chi connectivity index (χ1) is 8.12. The number of benzene rings is 1. The molecular weight excluding hydrogens is 212 g/mol. The van der Waals surface area contributed by atoms with Gasteiger partial charge in [-0.25, -0.2) is 0 Å². The summed E-state index contributed by atoms with van der Waals surface area (Å²) < 4.78 is 5.81. The van der Waals surface area contributed by atoms with E-state index in [1.165, 1.54) is 0 Å². The van der Waals surface area contributed by atoms with E-state index in [9.17, 15) is 0 Å². The minimum atomic E-state index is -0.0667. The van der Waals surface area contributed by atoms with Gasteiger partial charge in [0.1, 0.15) is 11.9 Å². The monoisotopic (exact) mass is 232 g/mol. The number of amidine groups is 1. The van der Waals surface area contributed by atoms with Crippen molar-refractivity contribution in [3.8, 4) is 0 Å². The summed E-state index contributed by atoms with van der Waals surface area (Å²) >= 11 is 0. The number of nitrogens with zero attached hydrogens (tertiary/aromatic N) is 1. The second kappa shape index (κ2) is 4.88. The van der Waals surface area contributed by atoms with Crippen LogP contribution in [0.1, 0.15) is 32.4 Å². The van der Waals surface area contributed by atoms with Crippen LogP contribution in [0.3, 0.4) is 0 Å². The molecule has 0 spiro atoms. The molecule has 1 atom stereocenters. The Bertz CT molecular complexity index is 398. The molecule has 0 aliphatic carbocycles. The van der Waals surface area contributed by atoms with Crippen LogP contribution in [0, 0.1) is 0 Å². The van der Waals surface area contributed by atoms with Gasteiger partial charge in [-0.15, -0.1) is 0 Å². The highest BCUT2D eigenvalue weighted by atomic mass is 16.5. The van der Waals surface area contributed by atoms with Gasteiger partial charge in [-0.05, 0) is 26.3 Å². The van der Waals surface area contributed by atoms with Crippen molar-refractivity contribution in [2.75, 3.05) is 13.2 Å². The molecule has 0 saturated carbocycles. The van der Waals surface area contributed by atoms with Gasteiger partial charge in [0, 0.05) is 6.61 Å². The highest BCUT2D eigenvalue weighted by molar-refractivity contribution is 5.89. The molecule has 1 aliphatic rings. The smallest absolute Gasteiger partial charge is 0.139 e. The van der Waals surface area contributed by atoms with E-state index in [0.29, 0.717) is 6.61 Å². The van der Waals surface area contributed by atoms with E-state index in [0.717, 1.165) is 17.9 Å². The molecule has 0 amide bonds. The van der Waals surface area contributed by atoms with E-state index < -0.39 is 0 Å². The Morgan fingerprint density at radius 2 is 2.06 bits per heavy atom. The van der Waals surface area contributed by atoms with Crippen molar-refractivity contribution in [2.45, 2.75) is 32.4 Å². The van der Waals surface area contributed by atoms with Crippen molar-refractivity contribution in [3.63, 3.8) is 0 Å². The van der Waals surface area contributed by atoms with E-state index in [4.69, 9.17) is 4.74 Å². The summed E-state index contributed by atoms with van der Waals surface area (Å²) in [6, 6.07) is 10.2. The van der Waals surface area contributed by atoms with Crippen LogP contribution in [-0.4, -0.2) is 24.5 Å². The first-order valence-corrected chi connectivity index (χ1v) is 6.11. The van der Waals surface area contributed by atoms with Gasteiger partial charge in [0.25, 0.3) is 0 Å². The molecule has 92 valence electrons. The fourth-order valence-corrected chi connectivity index (χ4v) is 1.98. The normalized spacial score (nSPS) is 19.6. The molecule has 1 N–H and O–H groups in total. The third-order valence-corrected chi connectivity index (χ3v) is 2.80. The average Bonchev–Trinajstić information content (AvgIpc) is 2.67. The third kappa shape index (κ3) is 2.86. The van der Waals surface area contributed by atoms with Gasteiger partial charge < -0.3 is 10.1 Å². The van der Waals surface area contributed by atoms with Crippen molar-refractivity contribution in [3.05, 3.63) is 35.9 Å². The predicted molar refractivity (Wildman–Crippen MR) is 70.3 cm³/mol. The Balaban J connectivity index is 2.19. The highest BCUT2D eigenvalue weighted by Gasteiger charge is 2.30. The summed E-state index contributed by atoms with van der Waals surface area (Å²) in [5.74, 6) is 0.947. The molecular formula is C14H20N2O. The maximum Gasteiger partial charge on any atom is 0.139 e. The molecule has 1 aromatic rings. The molecule has 1 aromatic carbocycles. The van der Waals surface area contributed by atoms with E-state index in [1.807, 2.05) is 25.1 Å². The molecule has 3 nitrogen and oxygen atoms in total. The Hall–Kier alpha value is -1.35. The molecule has 1 heterocycles. The number of nitrogens with one attached hydrogen (secondary N) is 1. The lowest BCUT2D eigenvalue weighted by atomic mass is 10.1. The molecule has 3 heteroatoms. The summed E-state index contributed by atoms with van der Waals surface area (Å²) in [5.41, 5.74) is 1.19. The van der Waals surface area contributed by atoms with Crippen LogP contribution in [-0.2, 0) is 4.74 Å². The van der Waals surface area contributed by atoms with Gasteiger partial charge in [-0.3, -0.25) is 4.99 Å². The molecule has 17 heavy (non-hydrogen) atoms. The largest absolute Gasteiger partial charge is 0.366 e. The number of aliphatic imine (C=N–C) groups is 1. The van der Waals surface area contributed by atoms with Gasteiger partial charge >= 0.3 is 0 Å². The zero-order valence-corrected chi connectivity index (χ0v) is 10.7. The zero-order chi connectivity index (χ0) is 12.3. The minimum Gasteiger partial charge on any atom is -0.366 e. The molecule has 0 aromatic heterocycles. The summed E-state index contributed by atoms with van der Waals surface area (Å²) in [6.45, 7) is 7.80. The van der Waals surface area contributed by atoms with E-state index in [-0.39, 0.29) is 11.6 Å². The minimum absolute atomic E-state index is 0.0411. The maximum absolute atomic E-state index is 5.81. The van der Waals surface area contributed by atoms with Crippen molar-refractivity contribution in [1.29, 1.82) is 0 Å². The summed E-state index contributed by atoms with van der Waals surface area (Å²) in [7, 11) is 0. The van der Waals surface area contributed by atoms with Gasteiger partial charge in [0.15, 0.2) is 0 Å². The van der Waals surface area contributed by atoms with Crippen LogP contribution in [0.15, 0.2) is 35.3 Å². The second-order valence-corrected chi connectivity index (χ2v) is 4.96. The first-order valence-electron chi connectivity index (χ1n) is 6.11. The van der Waals surface area contributed by atoms with Crippen LogP contribution >= 0.6 is 0 Å². The third-order valence-electron chi connectivity index (χ3n) is 2.80. The second-order valence-electron chi connectivity index (χ2n) is 4.96. The predicted octanol–water partition coefficient (Wildman–Crippen LogP) is 2.54. The van der Waals surface area contributed by atoms with E-state index in [1.54, 1.807) is 0 Å². The van der Waals surface area contributed by atoms with Crippen LogP contribution in [0.2, 0.25) is 0 Å². The number of ether oxygens (including phenoxy) is 1.